The Bertz CT molecular complexity index is 159. The molecule has 2 heteroatoms. The number of hydrogen-bond acceptors (Lipinski definition) is 2. The first kappa shape index (κ1) is 9.01. The molecule has 66 valence electrons. The van der Waals surface area contributed by atoms with E-state index in [-0.39, 0.29) is 5.41 Å². The molecule has 0 heterocycles. The summed E-state index contributed by atoms with van der Waals surface area (Å²) in [4.78, 5) is 0. The summed E-state index contributed by atoms with van der Waals surface area (Å²) in [5.41, 5.74) is 5.04. The maximum atomic E-state index is 9.96. The molecule has 11 heavy (non-hydrogen) atoms. The molecule has 1 rings (SSSR count). The molecule has 0 saturated heterocycles. The van der Waals surface area contributed by atoms with Crippen molar-refractivity contribution in [3.8, 4) is 0 Å². The van der Waals surface area contributed by atoms with Crippen molar-refractivity contribution in [2.24, 2.45) is 11.1 Å². The van der Waals surface area contributed by atoms with E-state index in [4.69, 9.17) is 5.73 Å². The Balaban J connectivity index is 2.64. The van der Waals surface area contributed by atoms with Crippen molar-refractivity contribution >= 4 is 0 Å². The van der Waals surface area contributed by atoms with Crippen LogP contribution in [0.3, 0.4) is 0 Å². The maximum Gasteiger partial charge on any atom is 0.0831 e. The van der Waals surface area contributed by atoms with Gasteiger partial charge in [0.15, 0.2) is 0 Å². The normalized spacial score (nSPS) is 27.8. The lowest BCUT2D eigenvalue weighted by molar-refractivity contribution is -0.152. The van der Waals surface area contributed by atoms with Gasteiger partial charge in [-0.1, -0.05) is 13.8 Å². The van der Waals surface area contributed by atoms with Crippen LogP contribution < -0.4 is 5.73 Å². The van der Waals surface area contributed by atoms with Crippen LogP contribution in [0.15, 0.2) is 0 Å². The smallest absolute Gasteiger partial charge is 0.0831 e. The quantitative estimate of drug-likeness (QED) is 0.602. The topological polar surface area (TPSA) is 46.2 Å². The SMILES string of the molecule is CC1(C)CC(O)(C(C)(C)N)C1. The molecule has 0 aromatic rings. The second kappa shape index (κ2) is 1.99. The molecular formula is C9H19NO. The molecule has 2 nitrogen and oxygen atoms in total. The average Bonchev–Trinajstić information content (AvgIpc) is 1.55. The first-order valence-electron chi connectivity index (χ1n) is 4.18. The van der Waals surface area contributed by atoms with Crippen LogP contribution in [0.5, 0.6) is 0 Å². The van der Waals surface area contributed by atoms with Gasteiger partial charge in [0.25, 0.3) is 0 Å². The zero-order valence-electron chi connectivity index (χ0n) is 7.94. The van der Waals surface area contributed by atoms with E-state index in [1.807, 2.05) is 13.8 Å². The van der Waals surface area contributed by atoms with Gasteiger partial charge in [-0.25, -0.2) is 0 Å². The van der Waals surface area contributed by atoms with Crippen LogP contribution in [0.1, 0.15) is 40.5 Å². The van der Waals surface area contributed by atoms with Gasteiger partial charge >= 0.3 is 0 Å². The van der Waals surface area contributed by atoms with Crippen molar-refractivity contribution in [3.63, 3.8) is 0 Å². The molecule has 0 amide bonds. The van der Waals surface area contributed by atoms with E-state index in [2.05, 4.69) is 13.8 Å². The van der Waals surface area contributed by atoms with E-state index >= 15 is 0 Å². The predicted molar refractivity (Wildman–Crippen MR) is 46.2 cm³/mol. The van der Waals surface area contributed by atoms with Crippen LogP contribution in [0.25, 0.3) is 0 Å². The second-order valence-corrected chi connectivity index (χ2v) is 5.27. The lowest BCUT2D eigenvalue weighted by atomic mass is 9.55. The maximum absolute atomic E-state index is 9.96. The molecule has 1 saturated carbocycles. The third-order valence-corrected chi connectivity index (χ3v) is 2.74. The van der Waals surface area contributed by atoms with Crippen molar-refractivity contribution in [1.29, 1.82) is 0 Å². The van der Waals surface area contributed by atoms with E-state index in [1.165, 1.54) is 0 Å². The zero-order valence-corrected chi connectivity index (χ0v) is 7.94. The summed E-state index contributed by atoms with van der Waals surface area (Å²) in [7, 11) is 0. The zero-order chi connectivity index (χ0) is 8.91. The first-order chi connectivity index (χ1) is 4.66. The van der Waals surface area contributed by atoms with Crippen molar-refractivity contribution < 1.29 is 5.11 Å². The van der Waals surface area contributed by atoms with Gasteiger partial charge in [0.1, 0.15) is 0 Å². The Kier molecular flexibility index (Phi) is 1.63. The number of hydrogen-bond donors (Lipinski definition) is 2. The molecule has 1 aliphatic carbocycles. The largest absolute Gasteiger partial charge is 0.388 e. The van der Waals surface area contributed by atoms with Crippen molar-refractivity contribution in [3.05, 3.63) is 0 Å². The summed E-state index contributed by atoms with van der Waals surface area (Å²) in [6.45, 7) is 8.10. The van der Waals surface area contributed by atoms with Gasteiger partial charge in [-0.15, -0.1) is 0 Å². The summed E-state index contributed by atoms with van der Waals surface area (Å²) in [5, 5.41) is 9.96. The van der Waals surface area contributed by atoms with Gasteiger partial charge in [-0.05, 0) is 32.1 Å². The molecule has 0 aliphatic heterocycles. The Morgan fingerprint density at radius 2 is 1.64 bits per heavy atom. The minimum absolute atomic E-state index is 0.283. The highest BCUT2D eigenvalue weighted by Crippen LogP contribution is 2.51. The summed E-state index contributed by atoms with van der Waals surface area (Å²) >= 11 is 0. The predicted octanol–water partition coefficient (Wildman–Crippen LogP) is 1.27. The van der Waals surface area contributed by atoms with E-state index in [9.17, 15) is 5.11 Å². The lowest BCUT2D eigenvalue weighted by Gasteiger charge is -2.56. The van der Waals surface area contributed by atoms with Crippen LogP contribution in [-0.4, -0.2) is 16.2 Å². The van der Waals surface area contributed by atoms with Crippen molar-refractivity contribution in [2.75, 3.05) is 0 Å². The molecule has 3 N–H and O–H groups in total. The van der Waals surface area contributed by atoms with Gasteiger partial charge in [0.05, 0.1) is 5.60 Å². The monoisotopic (exact) mass is 157 g/mol. The molecule has 0 spiro atoms. The molecule has 1 fully saturated rings. The van der Waals surface area contributed by atoms with Gasteiger partial charge in [-0.3, -0.25) is 0 Å². The van der Waals surface area contributed by atoms with Crippen LogP contribution >= 0.6 is 0 Å². The number of nitrogens with two attached hydrogens (primary N) is 1. The Morgan fingerprint density at radius 3 is 1.73 bits per heavy atom. The molecule has 0 atom stereocenters. The standard InChI is InChI=1S/C9H19NO/c1-7(2)5-9(11,6-7)8(3,4)10/h11H,5-6,10H2,1-4H3. The second-order valence-electron chi connectivity index (χ2n) is 5.27. The Hall–Kier alpha value is -0.0800. The van der Waals surface area contributed by atoms with E-state index < -0.39 is 11.1 Å². The van der Waals surface area contributed by atoms with Crippen molar-refractivity contribution in [1.82, 2.24) is 0 Å². The first-order valence-corrected chi connectivity index (χ1v) is 4.18. The number of rotatable bonds is 1. The highest BCUT2D eigenvalue weighted by molar-refractivity contribution is 5.09. The molecule has 0 bridgehead atoms. The van der Waals surface area contributed by atoms with Gasteiger partial charge in [-0.2, -0.15) is 0 Å². The van der Waals surface area contributed by atoms with E-state index in [0.29, 0.717) is 0 Å². The van der Waals surface area contributed by atoms with E-state index in [0.717, 1.165) is 12.8 Å². The third-order valence-electron chi connectivity index (χ3n) is 2.74. The highest BCUT2D eigenvalue weighted by Gasteiger charge is 2.54. The molecule has 0 aromatic carbocycles. The molecule has 0 unspecified atom stereocenters. The van der Waals surface area contributed by atoms with Crippen LogP contribution in [-0.2, 0) is 0 Å². The van der Waals surface area contributed by atoms with Gasteiger partial charge in [0, 0.05) is 5.54 Å². The van der Waals surface area contributed by atoms with E-state index in [1.54, 1.807) is 0 Å². The van der Waals surface area contributed by atoms with Crippen LogP contribution in [0, 0.1) is 5.41 Å². The summed E-state index contributed by atoms with van der Waals surface area (Å²) in [5.74, 6) is 0. The Labute approximate surface area is 68.8 Å². The van der Waals surface area contributed by atoms with Gasteiger partial charge < -0.3 is 10.8 Å². The summed E-state index contributed by atoms with van der Waals surface area (Å²) in [6.07, 6.45) is 1.65. The van der Waals surface area contributed by atoms with Crippen LogP contribution in [0.4, 0.5) is 0 Å². The molecule has 0 radical (unpaired) electrons. The average molecular weight is 157 g/mol. The minimum Gasteiger partial charge on any atom is -0.388 e. The van der Waals surface area contributed by atoms with Crippen LogP contribution in [0.2, 0.25) is 0 Å². The summed E-state index contributed by atoms with van der Waals surface area (Å²) < 4.78 is 0. The highest BCUT2D eigenvalue weighted by atomic mass is 16.3. The Morgan fingerprint density at radius 1 is 1.27 bits per heavy atom. The fourth-order valence-electron chi connectivity index (χ4n) is 1.99. The third kappa shape index (κ3) is 1.42. The fraction of sp³-hybridized carbons (Fsp3) is 1.00. The fourth-order valence-corrected chi connectivity index (χ4v) is 1.99. The summed E-state index contributed by atoms with van der Waals surface area (Å²) in [6, 6.07) is 0. The van der Waals surface area contributed by atoms with Gasteiger partial charge in [0.2, 0.25) is 0 Å². The number of aliphatic hydroxyl groups is 1. The minimum atomic E-state index is -0.628. The van der Waals surface area contributed by atoms with Crippen molar-refractivity contribution in [2.45, 2.75) is 51.7 Å². The molecule has 1 aliphatic rings. The lowest BCUT2D eigenvalue weighted by Crippen LogP contribution is -2.65. The molecule has 0 aromatic heterocycles. The molecular weight excluding hydrogens is 138 g/mol.